The molecule has 1 N–H and O–H groups in total. The van der Waals surface area contributed by atoms with Crippen LogP contribution in [-0.2, 0) is 6.42 Å². The van der Waals surface area contributed by atoms with E-state index in [0.717, 1.165) is 18.7 Å². The summed E-state index contributed by atoms with van der Waals surface area (Å²) in [6.07, 6.45) is 5.74. The molecule has 3 heteroatoms. The zero-order valence-electron chi connectivity index (χ0n) is 8.93. The first-order valence-electron chi connectivity index (χ1n) is 5.55. The lowest BCUT2D eigenvalue weighted by Gasteiger charge is -2.25. The summed E-state index contributed by atoms with van der Waals surface area (Å²) in [7, 11) is 0. The molecule has 2 heterocycles. The normalized spacial score (nSPS) is 18.6. The fourth-order valence-electron chi connectivity index (χ4n) is 2.12. The minimum atomic E-state index is 0.246. The highest BCUT2D eigenvalue weighted by atomic mass is 15.0. The Balaban J connectivity index is 1.89. The number of benzene rings is 1. The molecule has 3 nitrogen and oxygen atoms in total. The Morgan fingerprint density at radius 1 is 1.06 bits per heavy atom. The largest absolute Gasteiger partial charge is 0.375 e. The average molecular weight is 211 g/mol. The number of para-hydroxylation sites is 1. The van der Waals surface area contributed by atoms with E-state index < -0.39 is 0 Å². The molecule has 1 aliphatic heterocycles. The summed E-state index contributed by atoms with van der Waals surface area (Å²) in [6, 6.07) is 10.5. The Morgan fingerprint density at radius 2 is 1.88 bits per heavy atom. The maximum atomic E-state index is 4.30. The fraction of sp³-hybridized carbons (Fsp3) is 0.231. The number of hydrogen-bond donors (Lipinski definition) is 1. The van der Waals surface area contributed by atoms with Gasteiger partial charge < -0.3 is 5.32 Å². The molecule has 1 unspecified atom stereocenters. The van der Waals surface area contributed by atoms with E-state index in [-0.39, 0.29) is 6.04 Å². The third-order valence-electron chi connectivity index (χ3n) is 2.95. The van der Waals surface area contributed by atoms with Crippen molar-refractivity contribution in [2.45, 2.75) is 18.9 Å². The van der Waals surface area contributed by atoms with Crippen LogP contribution in [0.25, 0.3) is 0 Å². The van der Waals surface area contributed by atoms with Crippen LogP contribution in [-0.4, -0.2) is 9.97 Å². The van der Waals surface area contributed by atoms with E-state index in [1.54, 1.807) is 12.4 Å². The average Bonchev–Trinajstić information content (AvgIpc) is 2.39. The lowest BCUT2D eigenvalue weighted by atomic mass is 9.98. The van der Waals surface area contributed by atoms with E-state index in [1.807, 2.05) is 6.07 Å². The molecule has 1 aromatic heterocycles. The van der Waals surface area contributed by atoms with Gasteiger partial charge in [-0.1, -0.05) is 18.2 Å². The highest BCUT2D eigenvalue weighted by Gasteiger charge is 2.20. The maximum Gasteiger partial charge on any atom is 0.150 e. The van der Waals surface area contributed by atoms with Crippen LogP contribution in [0.1, 0.15) is 23.9 Å². The number of aryl methyl sites for hydroxylation is 1. The number of aromatic nitrogens is 2. The summed E-state index contributed by atoms with van der Waals surface area (Å²) in [5, 5.41) is 3.49. The highest BCUT2D eigenvalue weighted by Crippen LogP contribution is 2.30. The SMILES string of the molecule is c1cnc(C2CCc3ccccc3N2)nc1. The fourth-order valence-corrected chi connectivity index (χ4v) is 2.12. The van der Waals surface area contributed by atoms with Gasteiger partial charge in [0, 0.05) is 18.1 Å². The van der Waals surface area contributed by atoms with Gasteiger partial charge in [-0.15, -0.1) is 0 Å². The van der Waals surface area contributed by atoms with Crippen molar-refractivity contribution in [3.05, 3.63) is 54.1 Å². The third kappa shape index (κ3) is 1.65. The Labute approximate surface area is 94.6 Å². The molecule has 0 saturated heterocycles. The molecule has 0 amide bonds. The second kappa shape index (κ2) is 3.93. The Bertz CT molecular complexity index is 482. The predicted octanol–water partition coefficient (Wildman–Crippen LogP) is 2.58. The first-order valence-corrected chi connectivity index (χ1v) is 5.55. The first-order chi connectivity index (χ1) is 7.93. The molecular formula is C13H13N3. The van der Waals surface area contributed by atoms with Gasteiger partial charge in [0.05, 0.1) is 6.04 Å². The Kier molecular flexibility index (Phi) is 2.29. The summed E-state index contributed by atoms with van der Waals surface area (Å²) >= 11 is 0. The third-order valence-corrected chi connectivity index (χ3v) is 2.95. The topological polar surface area (TPSA) is 37.8 Å². The van der Waals surface area contributed by atoms with E-state index in [1.165, 1.54) is 11.3 Å². The van der Waals surface area contributed by atoms with Crippen molar-refractivity contribution in [2.75, 3.05) is 5.32 Å². The van der Waals surface area contributed by atoms with E-state index in [9.17, 15) is 0 Å². The molecule has 80 valence electrons. The van der Waals surface area contributed by atoms with E-state index >= 15 is 0 Å². The van der Waals surface area contributed by atoms with Crippen LogP contribution in [0.2, 0.25) is 0 Å². The van der Waals surface area contributed by atoms with Gasteiger partial charge in [-0.25, -0.2) is 9.97 Å². The molecule has 0 spiro atoms. The Morgan fingerprint density at radius 3 is 2.75 bits per heavy atom. The number of fused-ring (bicyclic) bond motifs is 1. The minimum absolute atomic E-state index is 0.246. The molecule has 16 heavy (non-hydrogen) atoms. The molecule has 2 aromatic rings. The molecule has 0 saturated carbocycles. The van der Waals surface area contributed by atoms with E-state index in [2.05, 4.69) is 39.6 Å². The molecule has 1 atom stereocenters. The van der Waals surface area contributed by atoms with Crippen LogP contribution in [0.4, 0.5) is 5.69 Å². The molecule has 0 radical (unpaired) electrons. The van der Waals surface area contributed by atoms with Crippen LogP contribution in [0.15, 0.2) is 42.7 Å². The van der Waals surface area contributed by atoms with Gasteiger partial charge in [0.2, 0.25) is 0 Å². The zero-order valence-corrected chi connectivity index (χ0v) is 8.93. The zero-order chi connectivity index (χ0) is 10.8. The van der Waals surface area contributed by atoms with Crippen LogP contribution in [0.5, 0.6) is 0 Å². The molecule has 3 rings (SSSR count). The standard InChI is InChI=1S/C13H13N3/c1-2-5-11-10(4-1)6-7-12(16-11)13-14-8-3-9-15-13/h1-5,8-9,12,16H,6-7H2. The molecule has 1 aromatic carbocycles. The summed E-state index contributed by atoms with van der Waals surface area (Å²) in [6.45, 7) is 0. The molecule has 0 aliphatic carbocycles. The summed E-state index contributed by atoms with van der Waals surface area (Å²) in [4.78, 5) is 8.60. The summed E-state index contributed by atoms with van der Waals surface area (Å²) in [5.74, 6) is 0.886. The van der Waals surface area contributed by atoms with E-state index in [4.69, 9.17) is 0 Å². The first kappa shape index (κ1) is 9.33. The summed E-state index contributed by atoms with van der Waals surface area (Å²) in [5.41, 5.74) is 2.60. The van der Waals surface area contributed by atoms with E-state index in [0.29, 0.717) is 0 Å². The number of nitrogens with zero attached hydrogens (tertiary/aromatic N) is 2. The molecule has 0 fully saturated rings. The highest BCUT2D eigenvalue weighted by molar-refractivity contribution is 5.54. The van der Waals surface area contributed by atoms with Crippen molar-refractivity contribution in [3.8, 4) is 0 Å². The van der Waals surface area contributed by atoms with Crippen molar-refractivity contribution in [2.24, 2.45) is 0 Å². The van der Waals surface area contributed by atoms with Gasteiger partial charge in [0.1, 0.15) is 5.82 Å². The van der Waals surface area contributed by atoms with Gasteiger partial charge in [0.25, 0.3) is 0 Å². The van der Waals surface area contributed by atoms with Crippen molar-refractivity contribution in [1.82, 2.24) is 9.97 Å². The quantitative estimate of drug-likeness (QED) is 0.787. The van der Waals surface area contributed by atoms with Gasteiger partial charge in [-0.2, -0.15) is 0 Å². The number of anilines is 1. The van der Waals surface area contributed by atoms with Gasteiger partial charge >= 0.3 is 0 Å². The summed E-state index contributed by atoms with van der Waals surface area (Å²) < 4.78 is 0. The van der Waals surface area contributed by atoms with Crippen LogP contribution in [0.3, 0.4) is 0 Å². The smallest absolute Gasteiger partial charge is 0.150 e. The van der Waals surface area contributed by atoms with Crippen molar-refractivity contribution < 1.29 is 0 Å². The van der Waals surface area contributed by atoms with Crippen LogP contribution >= 0.6 is 0 Å². The maximum absolute atomic E-state index is 4.30. The van der Waals surface area contributed by atoms with Crippen LogP contribution in [0, 0.1) is 0 Å². The number of hydrogen-bond acceptors (Lipinski definition) is 3. The monoisotopic (exact) mass is 211 g/mol. The second-order valence-electron chi connectivity index (χ2n) is 4.00. The van der Waals surface area contributed by atoms with Crippen molar-refractivity contribution in [3.63, 3.8) is 0 Å². The minimum Gasteiger partial charge on any atom is -0.375 e. The molecule has 0 bridgehead atoms. The van der Waals surface area contributed by atoms with Crippen molar-refractivity contribution in [1.29, 1.82) is 0 Å². The van der Waals surface area contributed by atoms with Gasteiger partial charge in [-0.3, -0.25) is 0 Å². The van der Waals surface area contributed by atoms with Crippen molar-refractivity contribution >= 4 is 5.69 Å². The molecule has 1 aliphatic rings. The van der Waals surface area contributed by atoms with Gasteiger partial charge in [0.15, 0.2) is 0 Å². The number of nitrogens with one attached hydrogen (secondary N) is 1. The number of rotatable bonds is 1. The van der Waals surface area contributed by atoms with Crippen LogP contribution < -0.4 is 5.32 Å². The lowest BCUT2D eigenvalue weighted by molar-refractivity contribution is 0.630. The molecular weight excluding hydrogens is 198 g/mol. The lowest BCUT2D eigenvalue weighted by Crippen LogP contribution is -2.19. The predicted molar refractivity (Wildman–Crippen MR) is 63.2 cm³/mol. The Hall–Kier alpha value is -1.90. The second-order valence-corrected chi connectivity index (χ2v) is 4.00. The van der Waals surface area contributed by atoms with Gasteiger partial charge in [-0.05, 0) is 30.5 Å².